The van der Waals surface area contributed by atoms with Crippen molar-refractivity contribution in [1.82, 2.24) is 4.57 Å². The predicted molar refractivity (Wildman–Crippen MR) is 80.0 cm³/mol. The molecule has 2 aromatic rings. The molecular weight excluding hydrogens is 272 g/mol. The average Bonchev–Trinajstić information content (AvgIpc) is 2.72. The Morgan fingerprint density at radius 2 is 2.00 bits per heavy atom. The zero-order valence-corrected chi connectivity index (χ0v) is 12.7. The van der Waals surface area contributed by atoms with E-state index < -0.39 is 0 Å². The molecule has 0 saturated carbocycles. The second-order valence-corrected chi connectivity index (χ2v) is 5.64. The number of nitrogens with zero attached hydrogens (tertiary/aromatic N) is 2. The fourth-order valence-electron chi connectivity index (χ4n) is 1.86. The third-order valence-corrected chi connectivity index (χ3v) is 4.22. The Bertz CT molecular complexity index is 656. The Balaban J connectivity index is 2.39. The first-order valence-electron chi connectivity index (χ1n) is 6.43. The van der Waals surface area contributed by atoms with Crippen LogP contribution in [0.2, 0.25) is 0 Å². The van der Waals surface area contributed by atoms with E-state index in [1.54, 1.807) is 19.2 Å². The highest BCUT2D eigenvalue weighted by molar-refractivity contribution is 7.09. The van der Waals surface area contributed by atoms with E-state index in [0.29, 0.717) is 18.7 Å². The quantitative estimate of drug-likeness (QED) is 0.868. The maximum absolute atomic E-state index is 12.2. The lowest BCUT2D eigenvalue weighted by molar-refractivity contribution is 0.0997. The van der Waals surface area contributed by atoms with Crippen LogP contribution in [-0.2, 0) is 11.3 Å². The molecule has 0 aliphatic heterocycles. The molecule has 106 valence electrons. The molecule has 1 aromatic heterocycles. The summed E-state index contributed by atoms with van der Waals surface area (Å²) in [5.74, 6) is -0.210. The summed E-state index contributed by atoms with van der Waals surface area (Å²) in [6, 6.07) is 9.12. The minimum absolute atomic E-state index is 0.210. The predicted octanol–water partition coefficient (Wildman–Crippen LogP) is 2.55. The molecule has 0 spiro atoms. The molecule has 0 aliphatic rings. The minimum Gasteiger partial charge on any atom is -0.383 e. The maximum atomic E-state index is 12.2. The highest BCUT2D eigenvalue weighted by Crippen LogP contribution is 2.10. The lowest BCUT2D eigenvalue weighted by atomic mass is 10.2. The van der Waals surface area contributed by atoms with Gasteiger partial charge in [0.05, 0.1) is 6.61 Å². The van der Waals surface area contributed by atoms with Crippen LogP contribution < -0.4 is 4.80 Å². The average molecular weight is 290 g/mol. The fraction of sp³-hybridized carbons (Fsp3) is 0.333. The van der Waals surface area contributed by atoms with Gasteiger partial charge in [-0.1, -0.05) is 18.2 Å². The molecule has 0 aliphatic carbocycles. The van der Waals surface area contributed by atoms with Crippen LogP contribution in [0.15, 0.2) is 35.3 Å². The number of hydrogen-bond donors (Lipinski definition) is 0. The molecule has 0 bridgehead atoms. The van der Waals surface area contributed by atoms with Crippen molar-refractivity contribution < 1.29 is 9.53 Å². The Kier molecular flexibility index (Phi) is 4.87. The molecule has 5 heteroatoms. The number of thiazole rings is 1. The van der Waals surface area contributed by atoms with Crippen LogP contribution >= 0.6 is 11.3 Å². The van der Waals surface area contributed by atoms with E-state index in [2.05, 4.69) is 4.99 Å². The first-order chi connectivity index (χ1) is 9.63. The first kappa shape index (κ1) is 14.7. The summed E-state index contributed by atoms with van der Waals surface area (Å²) in [6.45, 7) is 5.38. The number of aryl methyl sites for hydroxylation is 1. The Morgan fingerprint density at radius 1 is 1.30 bits per heavy atom. The van der Waals surface area contributed by atoms with Crippen molar-refractivity contribution in [2.75, 3.05) is 13.7 Å². The molecule has 0 radical (unpaired) electrons. The molecule has 0 atom stereocenters. The molecule has 20 heavy (non-hydrogen) atoms. The van der Waals surface area contributed by atoms with Gasteiger partial charge in [-0.25, -0.2) is 0 Å². The fourth-order valence-corrected chi connectivity index (χ4v) is 2.86. The lowest BCUT2D eigenvalue weighted by Gasteiger charge is -2.05. The second-order valence-electron chi connectivity index (χ2n) is 4.45. The van der Waals surface area contributed by atoms with E-state index in [4.69, 9.17) is 4.74 Å². The summed E-state index contributed by atoms with van der Waals surface area (Å²) in [6.07, 6.45) is 0. The zero-order valence-electron chi connectivity index (χ0n) is 11.9. The minimum atomic E-state index is -0.210. The highest BCUT2D eigenvalue weighted by atomic mass is 32.1. The van der Waals surface area contributed by atoms with Crippen molar-refractivity contribution in [1.29, 1.82) is 0 Å². The van der Waals surface area contributed by atoms with Crippen LogP contribution in [0.25, 0.3) is 0 Å². The smallest absolute Gasteiger partial charge is 0.279 e. The molecule has 0 fully saturated rings. The van der Waals surface area contributed by atoms with Crippen LogP contribution in [-0.4, -0.2) is 24.2 Å². The molecule has 0 unspecified atom stereocenters. The van der Waals surface area contributed by atoms with Crippen molar-refractivity contribution in [2.45, 2.75) is 20.4 Å². The van der Waals surface area contributed by atoms with Gasteiger partial charge in [0.25, 0.3) is 5.91 Å². The summed E-state index contributed by atoms with van der Waals surface area (Å²) in [5, 5.41) is 0. The van der Waals surface area contributed by atoms with Crippen molar-refractivity contribution in [3.63, 3.8) is 0 Å². The van der Waals surface area contributed by atoms with E-state index in [-0.39, 0.29) is 5.91 Å². The number of benzene rings is 1. The number of hydrogen-bond acceptors (Lipinski definition) is 3. The molecule has 1 amide bonds. The van der Waals surface area contributed by atoms with Gasteiger partial charge in [-0.05, 0) is 26.0 Å². The number of carbonyl (C=O) groups excluding carboxylic acids is 1. The molecule has 0 N–H and O–H groups in total. The second kappa shape index (κ2) is 6.63. The van der Waals surface area contributed by atoms with Crippen LogP contribution in [0.4, 0.5) is 0 Å². The molecular formula is C15H18N2O2S. The Labute approximate surface area is 122 Å². The Hall–Kier alpha value is -1.72. The normalized spacial score (nSPS) is 11.8. The van der Waals surface area contributed by atoms with Gasteiger partial charge < -0.3 is 9.30 Å². The number of ether oxygens (including phenoxy) is 1. The topological polar surface area (TPSA) is 43.6 Å². The number of rotatable bonds is 4. The van der Waals surface area contributed by atoms with E-state index in [1.807, 2.05) is 36.6 Å². The standard InChI is InChI=1S/C15H18N2O2S/c1-11-12(2)20-15(17(11)9-10-19-3)16-14(18)13-7-5-4-6-8-13/h4-8H,9-10H2,1-3H3/b16-15-. The van der Waals surface area contributed by atoms with Crippen LogP contribution in [0.3, 0.4) is 0 Å². The van der Waals surface area contributed by atoms with Gasteiger partial charge >= 0.3 is 0 Å². The summed E-state index contributed by atoms with van der Waals surface area (Å²) >= 11 is 1.53. The van der Waals surface area contributed by atoms with Gasteiger partial charge in [-0.3, -0.25) is 4.79 Å². The molecule has 1 aromatic carbocycles. The molecule has 4 nitrogen and oxygen atoms in total. The number of methoxy groups -OCH3 is 1. The highest BCUT2D eigenvalue weighted by Gasteiger charge is 2.08. The summed E-state index contributed by atoms with van der Waals surface area (Å²) in [4.78, 5) is 18.3. The lowest BCUT2D eigenvalue weighted by Crippen LogP contribution is -2.20. The van der Waals surface area contributed by atoms with Crippen molar-refractivity contribution in [2.24, 2.45) is 4.99 Å². The number of amides is 1. The number of carbonyl (C=O) groups is 1. The van der Waals surface area contributed by atoms with Gasteiger partial charge in [0.15, 0.2) is 4.80 Å². The summed E-state index contributed by atoms with van der Waals surface area (Å²) in [7, 11) is 1.67. The maximum Gasteiger partial charge on any atom is 0.279 e. The van der Waals surface area contributed by atoms with E-state index in [1.165, 1.54) is 16.2 Å². The summed E-state index contributed by atoms with van der Waals surface area (Å²) in [5.41, 5.74) is 1.74. The van der Waals surface area contributed by atoms with Crippen molar-refractivity contribution in [3.05, 3.63) is 51.3 Å². The third kappa shape index (κ3) is 3.23. The van der Waals surface area contributed by atoms with Gasteiger partial charge in [-0.2, -0.15) is 4.99 Å². The van der Waals surface area contributed by atoms with Gasteiger partial charge in [0.1, 0.15) is 0 Å². The van der Waals surface area contributed by atoms with Gasteiger partial charge in [0, 0.05) is 29.8 Å². The van der Waals surface area contributed by atoms with Crippen LogP contribution in [0.5, 0.6) is 0 Å². The molecule has 1 heterocycles. The van der Waals surface area contributed by atoms with Crippen LogP contribution in [0.1, 0.15) is 20.9 Å². The SMILES string of the molecule is COCCn1c(C)c(C)s/c1=N\C(=O)c1ccccc1. The van der Waals surface area contributed by atoms with Gasteiger partial charge in [-0.15, -0.1) is 11.3 Å². The zero-order chi connectivity index (χ0) is 14.5. The monoisotopic (exact) mass is 290 g/mol. The van der Waals surface area contributed by atoms with E-state index in [9.17, 15) is 4.79 Å². The van der Waals surface area contributed by atoms with Crippen LogP contribution in [0, 0.1) is 13.8 Å². The molecule has 0 saturated heterocycles. The van der Waals surface area contributed by atoms with Gasteiger partial charge in [0.2, 0.25) is 0 Å². The van der Waals surface area contributed by atoms with E-state index in [0.717, 1.165) is 10.5 Å². The number of aromatic nitrogens is 1. The Morgan fingerprint density at radius 3 is 2.65 bits per heavy atom. The van der Waals surface area contributed by atoms with Crippen molar-refractivity contribution in [3.8, 4) is 0 Å². The molecule has 2 rings (SSSR count). The van der Waals surface area contributed by atoms with E-state index >= 15 is 0 Å². The first-order valence-corrected chi connectivity index (χ1v) is 7.25. The summed E-state index contributed by atoms with van der Waals surface area (Å²) < 4.78 is 7.14. The largest absolute Gasteiger partial charge is 0.383 e. The third-order valence-electron chi connectivity index (χ3n) is 3.13. The van der Waals surface area contributed by atoms with Crippen molar-refractivity contribution >= 4 is 17.2 Å².